The first-order valence-electron chi connectivity index (χ1n) is 8.04. The molecule has 0 spiro atoms. The Morgan fingerprint density at radius 1 is 1.30 bits per heavy atom. The number of aromatic nitrogens is 1. The Kier molecular flexibility index (Phi) is 4.40. The highest BCUT2D eigenvalue weighted by Gasteiger charge is 2.36. The summed E-state index contributed by atoms with van der Waals surface area (Å²) >= 11 is 0. The maximum absolute atomic E-state index is 13.3. The van der Waals surface area contributed by atoms with Gasteiger partial charge >= 0.3 is 0 Å². The minimum atomic E-state index is -3.59. The first kappa shape index (κ1) is 16.4. The van der Waals surface area contributed by atoms with Crippen molar-refractivity contribution < 1.29 is 8.42 Å². The Morgan fingerprint density at radius 3 is 2.83 bits per heavy atom. The summed E-state index contributed by atoms with van der Waals surface area (Å²) in [5.41, 5.74) is 7.76. The second kappa shape index (κ2) is 6.19. The van der Waals surface area contributed by atoms with E-state index in [1.807, 2.05) is 26.0 Å². The molecule has 0 saturated carbocycles. The Labute approximate surface area is 137 Å². The van der Waals surface area contributed by atoms with Crippen LogP contribution in [-0.4, -0.2) is 36.3 Å². The van der Waals surface area contributed by atoms with Crippen LogP contribution < -0.4 is 5.73 Å². The van der Waals surface area contributed by atoms with Crippen LogP contribution in [0.4, 0.5) is 0 Å². The smallest absolute Gasteiger partial charge is 0.244 e. The molecule has 0 radical (unpaired) electrons. The molecule has 1 saturated heterocycles. The number of nitrogens with two attached hydrogens (primary N) is 1. The number of piperidine rings is 1. The third-order valence-corrected chi connectivity index (χ3v) is 6.61. The summed E-state index contributed by atoms with van der Waals surface area (Å²) in [5.74, 6) is 0. The molecule has 5 nitrogen and oxygen atoms in total. The maximum atomic E-state index is 13.3. The highest BCUT2D eigenvalue weighted by molar-refractivity contribution is 7.89. The molecule has 0 aliphatic carbocycles. The minimum absolute atomic E-state index is 0.137. The molecule has 0 amide bonds. The van der Waals surface area contributed by atoms with E-state index < -0.39 is 10.0 Å². The molecular formula is C17H23N3O2S. The second-order valence-corrected chi connectivity index (χ2v) is 8.18. The molecule has 2 heterocycles. The van der Waals surface area contributed by atoms with E-state index in [0.717, 1.165) is 30.3 Å². The van der Waals surface area contributed by atoms with E-state index in [-0.39, 0.29) is 12.1 Å². The summed E-state index contributed by atoms with van der Waals surface area (Å²) < 4.78 is 28.1. The topological polar surface area (TPSA) is 76.3 Å². The summed E-state index contributed by atoms with van der Waals surface area (Å²) in [7, 11) is -3.59. The van der Waals surface area contributed by atoms with Gasteiger partial charge in [-0.25, -0.2) is 8.42 Å². The Bertz CT molecular complexity index is 818. The first-order valence-corrected chi connectivity index (χ1v) is 9.48. The maximum Gasteiger partial charge on any atom is 0.244 e. The summed E-state index contributed by atoms with van der Waals surface area (Å²) in [4.78, 5) is 4.68. The Morgan fingerprint density at radius 2 is 2.09 bits per heavy atom. The van der Waals surface area contributed by atoms with E-state index in [1.54, 1.807) is 22.6 Å². The largest absolute Gasteiger partial charge is 0.326 e. The molecule has 2 atom stereocenters. The average Bonchev–Trinajstić information content (AvgIpc) is 2.55. The van der Waals surface area contributed by atoms with Crippen molar-refractivity contribution in [1.29, 1.82) is 0 Å². The molecule has 1 aromatic heterocycles. The van der Waals surface area contributed by atoms with Crippen LogP contribution >= 0.6 is 0 Å². The van der Waals surface area contributed by atoms with Crippen LogP contribution in [-0.2, 0) is 10.0 Å². The standard InChI is InChI=1S/C17H23N3O2S/c1-12-8-9-16(14-6-5-10-19-17(12)14)23(21,22)20-11-4-3-7-15(20)13(2)18/h5-6,8-10,13,15H,3-4,7,11,18H2,1-2H3/t13-,15+/m1/s1. The number of rotatable bonds is 3. The van der Waals surface area contributed by atoms with Gasteiger partial charge in [0.2, 0.25) is 10.0 Å². The summed E-state index contributed by atoms with van der Waals surface area (Å²) in [5, 5.41) is 0.682. The second-order valence-electron chi connectivity index (χ2n) is 6.32. The summed E-state index contributed by atoms with van der Waals surface area (Å²) in [6, 6.07) is 6.81. The lowest BCUT2D eigenvalue weighted by Gasteiger charge is -2.37. The van der Waals surface area contributed by atoms with Gasteiger partial charge in [0, 0.05) is 30.2 Å². The van der Waals surface area contributed by atoms with Gasteiger partial charge in [-0.3, -0.25) is 4.98 Å². The summed E-state index contributed by atoms with van der Waals surface area (Å²) in [6.45, 7) is 4.36. The van der Waals surface area contributed by atoms with E-state index in [9.17, 15) is 8.42 Å². The molecule has 0 unspecified atom stereocenters. The van der Waals surface area contributed by atoms with Gasteiger partial charge in [0.25, 0.3) is 0 Å². The van der Waals surface area contributed by atoms with E-state index in [4.69, 9.17) is 5.73 Å². The van der Waals surface area contributed by atoms with E-state index >= 15 is 0 Å². The van der Waals surface area contributed by atoms with Gasteiger partial charge in [-0.2, -0.15) is 4.31 Å². The highest BCUT2D eigenvalue weighted by Crippen LogP contribution is 2.31. The Balaban J connectivity index is 2.15. The zero-order chi connectivity index (χ0) is 16.6. The van der Waals surface area contributed by atoms with Crippen LogP contribution in [0.2, 0.25) is 0 Å². The molecule has 2 aromatic rings. The molecule has 2 N–H and O–H groups in total. The molecule has 0 bridgehead atoms. The molecule has 124 valence electrons. The van der Waals surface area contributed by atoms with E-state index in [2.05, 4.69) is 4.98 Å². The molecule has 3 rings (SSSR count). The van der Waals surface area contributed by atoms with Crippen LogP contribution in [0.5, 0.6) is 0 Å². The lowest BCUT2D eigenvalue weighted by molar-refractivity contribution is 0.227. The first-order chi connectivity index (χ1) is 10.9. The number of benzene rings is 1. The summed E-state index contributed by atoms with van der Waals surface area (Å²) in [6.07, 6.45) is 4.41. The fourth-order valence-electron chi connectivity index (χ4n) is 3.39. The van der Waals surface area contributed by atoms with E-state index in [1.165, 1.54) is 0 Å². The van der Waals surface area contributed by atoms with Gasteiger partial charge in [0.15, 0.2) is 0 Å². The molecule has 23 heavy (non-hydrogen) atoms. The number of sulfonamides is 1. The van der Waals surface area contributed by atoms with Crippen molar-refractivity contribution in [3.8, 4) is 0 Å². The number of hydrogen-bond acceptors (Lipinski definition) is 4. The zero-order valence-electron chi connectivity index (χ0n) is 13.6. The van der Waals surface area contributed by atoms with Crippen LogP contribution in [0, 0.1) is 6.92 Å². The minimum Gasteiger partial charge on any atom is -0.326 e. The lowest BCUT2D eigenvalue weighted by atomic mass is 10.00. The van der Waals surface area contributed by atoms with Crippen molar-refractivity contribution >= 4 is 20.9 Å². The number of fused-ring (bicyclic) bond motifs is 1. The third-order valence-electron chi connectivity index (χ3n) is 4.62. The predicted molar refractivity (Wildman–Crippen MR) is 91.7 cm³/mol. The molecular weight excluding hydrogens is 310 g/mol. The van der Waals surface area contributed by atoms with Crippen molar-refractivity contribution in [1.82, 2.24) is 9.29 Å². The van der Waals surface area contributed by atoms with Gasteiger partial charge in [0.05, 0.1) is 10.4 Å². The quantitative estimate of drug-likeness (QED) is 0.936. The SMILES string of the molecule is Cc1ccc(S(=O)(=O)N2CCCC[C@H]2[C@@H](C)N)c2cccnc12. The molecule has 1 aliphatic heterocycles. The van der Waals surface area contributed by atoms with Crippen LogP contribution in [0.25, 0.3) is 10.9 Å². The van der Waals surface area contributed by atoms with Gasteiger partial charge in [-0.05, 0) is 50.5 Å². The van der Waals surface area contributed by atoms with E-state index in [0.29, 0.717) is 16.8 Å². The number of aryl methyl sites for hydroxylation is 1. The van der Waals surface area contributed by atoms with Crippen LogP contribution in [0.1, 0.15) is 31.7 Å². The fraction of sp³-hybridized carbons (Fsp3) is 0.471. The van der Waals surface area contributed by atoms with Crippen molar-refractivity contribution in [2.45, 2.75) is 50.1 Å². The predicted octanol–water partition coefficient (Wildman–Crippen LogP) is 2.43. The molecule has 1 fully saturated rings. The lowest BCUT2D eigenvalue weighted by Crippen LogP contribution is -2.51. The number of nitrogens with zero attached hydrogens (tertiary/aromatic N) is 2. The monoisotopic (exact) mass is 333 g/mol. The molecule has 1 aromatic carbocycles. The average molecular weight is 333 g/mol. The van der Waals surface area contributed by atoms with Gasteiger partial charge in [-0.1, -0.05) is 12.5 Å². The van der Waals surface area contributed by atoms with Crippen molar-refractivity contribution in [2.75, 3.05) is 6.54 Å². The fourth-order valence-corrected chi connectivity index (χ4v) is 5.35. The van der Waals surface area contributed by atoms with Crippen molar-refractivity contribution in [3.63, 3.8) is 0 Å². The Hall–Kier alpha value is -1.50. The van der Waals surface area contributed by atoms with Crippen molar-refractivity contribution in [2.24, 2.45) is 5.73 Å². The van der Waals surface area contributed by atoms with Gasteiger partial charge < -0.3 is 5.73 Å². The van der Waals surface area contributed by atoms with Gasteiger partial charge in [-0.15, -0.1) is 0 Å². The zero-order valence-corrected chi connectivity index (χ0v) is 14.4. The van der Waals surface area contributed by atoms with Crippen molar-refractivity contribution in [3.05, 3.63) is 36.0 Å². The number of pyridine rings is 1. The highest BCUT2D eigenvalue weighted by atomic mass is 32.2. The van der Waals surface area contributed by atoms with Gasteiger partial charge in [0.1, 0.15) is 0 Å². The van der Waals surface area contributed by atoms with Crippen LogP contribution in [0.3, 0.4) is 0 Å². The molecule has 6 heteroatoms. The third kappa shape index (κ3) is 2.86. The normalized spacial score (nSPS) is 21.4. The molecule has 1 aliphatic rings. The number of hydrogen-bond donors (Lipinski definition) is 1. The van der Waals surface area contributed by atoms with Crippen LogP contribution in [0.15, 0.2) is 35.4 Å².